The Morgan fingerprint density at radius 2 is 1.61 bits per heavy atom. The van der Waals surface area contributed by atoms with E-state index in [1.54, 1.807) is 30.7 Å². The summed E-state index contributed by atoms with van der Waals surface area (Å²) in [7, 11) is 0. The fourth-order valence-electron chi connectivity index (χ4n) is 4.24. The maximum atomic E-state index is 12.7. The molecule has 0 radical (unpaired) electrons. The van der Waals surface area contributed by atoms with Crippen LogP contribution in [-0.2, 0) is 4.79 Å². The molecule has 2 aromatic carbocycles. The van der Waals surface area contributed by atoms with Crippen LogP contribution in [0.5, 0.6) is 0 Å². The Hall–Kier alpha value is -4.83. The number of aromatic nitrogens is 3. The molecular formula is C28H28N8O2. The lowest BCUT2D eigenvalue weighted by molar-refractivity contribution is -0.114. The van der Waals surface area contributed by atoms with Crippen molar-refractivity contribution in [1.82, 2.24) is 19.9 Å². The van der Waals surface area contributed by atoms with Crippen molar-refractivity contribution in [3.05, 3.63) is 90.9 Å². The van der Waals surface area contributed by atoms with Crippen LogP contribution in [-0.4, -0.2) is 64.4 Å². The standard InChI is InChI=1S/C28H28N8O2/c29-18-26(37)32-22-5-3-20(4-6-22)25-11-13-31-28(34-25)33-23-7-9-24(10-8-23)35-14-16-36(17-15-35)27(38)21-2-1-12-30-19-21/h1-13,19H,14-18,29H2,(H,32,37)(H,31,33,34). The van der Waals surface area contributed by atoms with Gasteiger partial charge < -0.3 is 26.2 Å². The Balaban J connectivity index is 1.18. The lowest BCUT2D eigenvalue weighted by atomic mass is 10.1. The van der Waals surface area contributed by atoms with E-state index in [1.807, 2.05) is 47.4 Å². The van der Waals surface area contributed by atoms with Crippen molar-refractivity contribution in [2.24, 2.45) is 5.73 Å². The molecular weight excluding hydrogens is 480 g/mol. The Labute approximate surface area is 220 Å². The number of pyridine rings is 1. The smallest absolute Gasteiger partial charge is 0.255 e. The zero-order valence-electron chi connectivity index (χ0n) is 20.7. The first-order valence-electron chi connectivity index (χ1n) is 12.3. The molecule has 192 valence electrons. The zero-order valence-corrected chi connectivity index (χ0v) is 20.7. The van der Waals surface area contributed by atoms with Gasteiger partial charge in [-0.3, -0.25) is 14.6 Å². The molecule has 38 heavy (non-hydrogen) atoms. The number of rotatable bonds is 7. The fourth-order valence-corrected chi connectivity index (χ4v) is 4.24. The van der Waals surface area contributed by atoms with Crippen LogP contribution in [0, 0.1) is 0 Å². The summed E-state index contributed by atoms with van der Waals surface area (Å²) in [5.41, 5.74) is 10.3. The molecule has 1 saturated heterocycles. The van der Waals surface area contributed by atoms with Gasteiger partial charge in [-0.2, -0.15) is 0 Å². The van der Waals surface area contributed by atoms with E-state index in [9.17, 15) is 9.59 Å². The highest BCUT2D eigenvalue weighted by Gasteiger charge is 2.22. The Morgan fingerprint density at radius 1 is 0.868 bits per heavy atom. The second kappa shape index (κ2) is 11.5. The van der Waals surface area contributed by atoms with E-state index < -0.39 is 0 Å². The predicted molar refractivity (Wildman–Crippen MR) is 147 cm³/mol. The van der Waals surface area contributed by atoms with E-state index in [2.05, 4.69) is 42.6 Å². The summed E-state index contributed by atoms with van der Waals surface area (Å²) in [4.78, 5) is 41.3. The zero-order chi connectivity index (χ0) is 26.3. The van der Waals surface area contributed by atoms with E-state index in [-0.39, 0.29) is 18.4 Å². The summed E-state index contributed by atoms with van der Waals surface area (Å²) in [5.74, 6) is 0.266. The number of anilines is 4. The number of piperazine rings is 1. The third-order valence-electron chi connectivity index (χ3n) is 6.27. The molecule has 10 nitrogen and oxygen atoms in total. The topological polar surface area (TPSA) is 129 Å². The molecule has 4 N–H and O–H groups in total. The number of hydrogen-bond acceptors (Lipinski definition) is 8. The minimum Gasteiger partial charge on any atom is -0.368 e. The quantitative estimate of drug-likeness (QED) is 0.347. The minimum atomic E-state index is -0.240. The summed E-state index contributed by atoms with van der Waals surface area (Å²) in [6.07, 6.45) is 4.99. The number of nitrogens with two attached hydrogens (primary N) is 1. The van der Waals surface area contributed by atoms with Gasteiger partial charge in [0.1, 0.15) is 0 Å². The summed E-state index contributed by atoms with van der Waals surface area (Å²) >= 11 is 0. The van der Waals surface area contributed by atoms with Gasteiger partial charge in [-0.25, -0.2) is 9.97 Å². The molecule has 0 bridgehead atoms. The summed E-state index contributed by atoms with van der Waals surface area (Å²) < 4.78 is 0. The minimum absolute atomic E-state index is 0.0221. The predicted octanol–water partition coefficient (Wildman–Crippen LogP) is 3.14. The van der Waals surface area contributed by atoms with Crippen LogP contribution < -0.4 is 21.3 Å². The van der Waals surface area contributed by atoms with Gasteiger partial charge >= 0.3 is 0 Å². The first kappa shape index (κ1) is 24.8. The number of nitrogens with zero attached hydrogens (tertiary/aromatic N) is 5. The van der Waals surface area contributed by atoms with Crippen molar-refractivity contribution in [3.63, 3.8) is 0 Å². The van der Waals surface area contributed by atoms with Gasteiger partial charge in [0, 0.05) is 67.4 Å². The maximum absolute atomic E-state index is 12.7. The van der Waals surface area contributed by atoms with Gasteiger partial charge in [-0.05, 0) is 54.6 Å². The number of carbonyl (C=O) groups excluding carboxylic acids is 2. The third kappa shape index (κ3) is 5.93. The first-order valence-corrected chi connectivity index (χ1v) is 12.3. The van der Waals surface area contributed by atoms with E-state index >= 15 is 0 Å². The van der Waals surface area contributed by atoms with Gasteiger partial charge in [0.05, 0.1) is 17.8 Å². The van der Waals surface area contributed by atoms with Gasteiger partial charge in [0.15, 0.2) is 0 Å². The molecule has 0 unspecified atom stereocenters. The average molecular weight is 509 g/mol. The summed E-state index contributed by atoms with van der Waals surface area (Å²) in [6.45, 7) is 2.79. The molecule has 0 aliphatic carbocycles. The van der Waals surface area contributed by atoms with Gasteiger partial charge in [-0.15, -0.1) is 0 Å². The molecule has 0 saturated carbocycles. The van der Waals surface area contributed by atoms with Crippen molar-refractivity contribution < 1.29 is 9.59 Å². The molecule has 10 heteroatoms. The summed E-state index contributed by atoms with van der Waals surface area (Å²) in [5, 5.41) is 5.98. The van der Waals surface area contributed by atoms with Gasteiger partial charge in [0.2, 0.25) is 11.9 Å². The Bertz CT molecular complexity index is 1390. The van der Waals surface area contributed by atoms with E-state index in [0.717, 1.165) is 35.7 Å². The molecule has 2 aromatic heterocycles. The van der Waals surface area contributed by atoms with Crippen molar-refractivity contribution in [2.75, 3.05) is 48.3 Å². The van der Waals surface area contributed by atoms with Crippen LogP contribution in [0.1, 0.15) is 10.4 Å². The van der Waals surface area contributed by atoms with Crippen LogP contribution in [0.2, 0.25) is 0 Å². The molecule has 1 aliphatic rings. The number of amides is 2. The highest BCUT2D eigenvalue weighted by molar-refractivity contribution is 5.94. The van der Waals surface area contributed by atoms with Crippen LogP contribution in [0.15, 0.2) is 85.3 Å². The van der Waals surface area contributed by atoms with Crippen LogP contribution in [0.4, 0.5) is 23.0 Å². The molecule has 3 heterocycles. The third-order valence-corrected chi connectivity index (χ3v) is 6.27. The normalized spacial score (nSPS) is 13.2. The molecule has 1 aliphatic heterocycles. The van der Waals surface area contributed by atoms with Crippen LogP contribution in [0.25, 0.3) is 11.3 Å². The second-order valence-electron chi connectivity index (χ2n) is 8.79. The maximum Gasteiger partial charge on any atom is 0.255 e. The van der Waals surface area contributed by atoms with Crippen molar-refractivity contribution in [1.29, 1.82) is 0 Å². The van der Waals surface area contributed by atoms with Crippen LogP contribution in [0.3, 0.4) is 0 Å². The van der Waals surface area contributed by atoms with E-state index in [0.29, 0.717) is 30.3 Å². The number of carbonyl (C=O) groups is 2. The summed E-state index contributed by atoms with van der Waals surface area (Å²) in [6, 6.07) is 20.9. The molecule has 1 fully saturated rings. The monoisotopic (exact) mass is 508 g/mol. The van der Waals surface area contributed by atoms with E-state index in [1.165, 1.54) is 0 Å². The molecule has 5 rings (SSSR count). The Morgan fingerprint density at radius 3 is 2.29 bits per heavy atom. The highest BCUT2D eigenvalue weighted by atomic mass is 16.2. The van der Waals surface area contributed by atoms with Crippen LogP contribution >= 0.6 is 0 Å². The molecule has 0 atom stereocenters. The molecule has 2 amide bonds. The average Bonchev–Trinajstić information content (AvgIpc) is 2.98. The van der Waals surface area contributed by atoms with Crippen molar-refractivity contribution >= 4 is 34.8 Å². The van der Waals surface area contributed by atoms with Crippen molar-refractivity contribution in [2.45, 2.75) is 0 Å². The van der Waals surface area contributed by atoms with Crippen molar-refractivity contribution in [3.8, 4) is 11.3 Å². The number of nitrogens with one attached hydrogen (secondary N) is 2. The molecule has 0 spiro atoms. The van der Waals surface area contributed by atoms with E-state index in [4.69, 9.17) is 5.73 Å². The largest absolute Gasteiger partial charge is 0.368 e. The first-order chi connectivity index (χ1) is 18.6. The van der Waals surface area contributed by atoms with Gasteiger partial charge in [-0.1, -0.05) is 12.1 Å². The van der Waals surface area contributed by atoms with Gasteiger partial charge in [0.25, 0.3) is 5.91 Å². The lowest BCUT2D eigenvalue weighted by Crippen LogP contribution is -2.48. The fraction of sp³-hybridized carbons (Fsp3) is 0.179. The highest BCUT2D eigenvalue weighted by Crippen LogP contribution is 2.24. The second-order valence-corrected chi connectivity index (χ2v) is 8.79. The SMILES string of the molecule is NCC(=O)Nc1ccc(-c2ccnc(Nc3ccc(N4CCN(C(=O)c5cccnc5)CC4)cc3)n2)cc1. The molecule has 4 aromatic rings. The lowest BCUT2D eigenvalue weighted by Gasteiger charge is -2.36. The number of hydrogen-bond donors (Lipinski definition) is 3. The number of benzene rings is 2. The Kier molecular flexibility index (Phi) is 7.51.